The Hall–Kier alpha value is -0.830. The van der Waals surface area contributed by atoms with Gasteiger partial charge in [0.2, 0.25) is 0 Å². The molecule has 0 bridgehead atoms. The van der Waals surface area contributed by atoms with E-state index in [1.807, 2.05) is 0 Å². The lowest BCUT2D eigenvalue weighted by atomic mass is 10.2. The number of amidine groups is 1. The molecule has 1 aromatic heterocycles. The number of thiophene rings is 1. The smallest absolute Gasteiger partial charge is 0.129 e. The SMILES string of the molecule is Cc1cc(C2=NCCCN2)cs1. The van der Waals surface area contributed by atoms with E-state index < -0.39 is 0 Å². The fourth-order valence-corrected chi connectivity index (χ4v) is 1.98. The number of nitrogens with one attached hydrogen (secondary N) is 1. The van der Waals surface area contributed by atoms with Crippen LogP contribution in [-0.4, -0.2) is 18.9 Å². The average Bonchev–Trinajstić information content (AvgIpc) is 2.54. The lowest BCUT2D eigenvalue weighted by Gasteiger charge is -2.12. The molecule has 0 unspecified atom stereocenters. The molecule has 12 heavy (non-hydrogen) atoms. The molecule has 2 nitrogen and oxygen atoms in total. The van der Waals surface area contributed by atoms with E-state index in [9.17, 15) is 0 Å². The Morgan fingerprint density at radius 2 is 2.50 bits per heavy atom. The Morgan fingerprint density at radius 3 is 3.08 bits per heavy atom. The normalized spacial score (nSPS) is 16.9. The monoisotopic (exact) mass is 180 g/mol. The molecule has 1 N–H and O–H groups in total. The number of rotatable bonds is 1. The molecule has 1 aliphatic rings. The van der Waals surface area contributed by atoms with Gasteiger partial charge in [-0.3, -0.25) is 4.99 Å². The van der Waals surface area contributed by atoms with Gasteiger partial charge in [-0.15, -0.1) is 11.3 Å². The summed E-state index contributed by atoms with van der Waals surface area (Å²) < 4.78 is 0. The molecule has 2 heterocycles. The number of aliphatic imine (C=N–C) groups is 1. The molecule has 0 saturated carbocycles. The van der Waals surface area contributed by atoms with Crippen LogP contribution in [0.3, 0.4) is 0 Å². The van der Waals surface area contributed by atoms with Crippen LogP contribution in [0.5, 0.6) is 0 Å². The second-order valence-electron chi connectivity index (χ2n) is 2.96. The summed E-state index contributed by atoms with van der Waals surface area (Å²) in [6.45, 7) is 4.16. The molecular weight excluding hydrogens is 168 g/mol. The molecule has 3 heteroatoms. The predicted octanol–water partition coefficient (Wildman–Crippen LogP) is 1.80. The summed E-state index contributed by atoms with van der Waals surface area (Å²) in [5.41, 5.74) is 1.25. The third-order valence-corrected chi connectivity index (χ3v) is 2.76. The number of aryl methyl sites for hydroxylation is 1. The highest BCUT2D eigenvalue weighted by Gasteiger charge is 2.07. The molecule has 64 valence electrons. The minimum atomic E-state index is 0.969. The van der Waals surface area contributed by atoms with Gasteiger partial charge in [0.15, 0.2) is 0 Å². The van der Waals surface area contributed by atoms with Gasteiger partial charge in [-0.1, -0.05) is 0 Å². The highest BCUT2D eigenvalue weighted by atomic mass is 32.1. The van der Waals surface area contributed by atoms with Crippen LogP contribution < -0.4 is 5.32 Å². The van der Waals surface area contributed by atoms with Gasteiger partial charge in [0, 0.05) is 28.9 Å². The van der Waals surface area contributed by atoms with Crippen LogP contribution in [0.2, 0.25) is 0 Å². The highest BCUT2D eigenvalue weighted by Crippen LogP contribution is 2.14. The van der Waals surface area contributed by atoms with E-state index in [4.69, 9.17) is 0 Å². The van der Waals surface area contributed by atoms with Crippen LogP contribution in [0.1, 0.15) is 16.9 Å². The summed E-state index contributed by atoms with van der Waals surface area (Å²) in [5, 5.41) is 5.46. The lowest BCUT2D eigenvalue weighted by Crippen LogP contribution is -2.29. The molecule has 1 aromatic rings. The molecule has 0 spiro atoms. The average molecular weight is 180 g/mol. The van der Waals surface area contributed by atoms with Crippen LogP contribution in [0.4, 0.5) is 0 Å². The summed E-state index contributed by atoms with van der Waals surface area (Å²) in [4.78, 5) is 5.77. The predicted molar refractivity (Wildman–Crippen MR) is 53.1 cm³/mol. The van der Waals surface area contributed by atoms with Crippen LogP contribution in [0.15, 0.2) is 16.4 Å². The van der Waals surface area contributed by atoms with Crippen molar-refractivity contribution < 1.29 is 0 Å². The molecule has 1 aliphatic heterocycles. The van der Waals surface area contributed by atoms with Gasteiger partial charge in [-0.2, -0.15) is 0 Å². The maximum atomic E-state index is 4.43. The second kappa shape index (κ2) is 3.27. The van der Waals surface area contributed by atoms with Crippen molar-refractivity contribution in [2.45, 2.75) is 13.3 Å². The molecule has 0 aliphatic carbocycles. The largest absolute Gasteiger partial charge is 0.370 e. The third kappa shape index (κ3) is 1.50. The van der Waals surface area contributed by atoms with Crippen LogP contribution >= 0.6 is 11.3 Å². The summed E-state index contributed by atoms with van der Waals surface area (Å²) >= 11 is 1.78. The third-order valence-electron chi connectivity index (χ3n) is 1.90. The maximum absolute atomic E-state index is 4.43. The quantitative estimate of drug-likeness (QED) is 0.700. The highest BCUT2D eigenvalue weighted by molar-refractivity contribution is 7.10. The Kier molecular flexibility index (Phi) is 2.13. The molecule has 0 saturated heterocycles. The first kappa shape index (κ1) is 7.80. The van der Waals surface area contributed by atoms with Gasteiger partial charge in [-0.25, -0.2) is 0 Å². The van der Waals surface area contributed by atoms with Crippen molar-refractivity contribution in [3.05, 3.63) is 21.9 Å². The van der Waals surface area contributed by atoms with E-state index >= 15 is 0 Å². The van der Waals surface area contributed by atoms with Gasteiger partial charge >= 0.3 is 0 Å². The number of hydrogen-bond donors (Lipinski definition) is 1. The van der Waals surface area contributed by atoms with E-state index in [0.29, 0.717) is 0 Å². The van der Waals surface area contributed by atoms with E-state index in [1.165, 1.54) is 10.4 Å². The standard InChI is InChI=1S/C9H12N2S/c1-7-5-8(6-12-7)9-10-3-2-4-11-9/h5-6H,2-4H2,1H3,(H,10,11). The number of nitrogens with zero attached hydrogens (tertiary/aromatic N) is 1. The van der Waals surface area contributed by atoms with Crippen molar-refractivity contribution in [1.29, 1.82) is 0 Å². The van der Waals surface area contributed by atoms with E-state index in [0.717, 1.165) is 25.3 Å². The van der Waals surface area contributed by atoms with Crippen LogP contribution in [0.25, 0.3) is 0 Å². The van der Waals surface area contributed by atoms with Crippen molar-refractivity contribution in [1.82, 2.24) is 5.32 Å². The summed E-state index contributed by atoms with van der Waals surface area (Å²) in [6.07, 6.45) is 1.16. The zero-order valence-corrected chi connectivity index (χ0v) is 7.95. The van der Waals surface area contributed by atoms with Crippen molar-refractivity contribution in [2.24, 2.45) is 4.99 Å². The van der Waals surface area contributed by atoms with E-state index in [1.54, 1.807) is 11.3 Å². The summed E-state index contributed by atoms with van der Waals surface area (Å²) in [5.74, 6) is 1.07. The van der Waals surface area contributed by atoms with Crippen LogP contribution in [0, 0.1) is 6.92 Å². The van der Waals surface area contributed by atoms with Crippen molar-refractivity contribution in [2.75, 3.05) is 13.1 Å². The zero-order chi connectivity index (χ0) is 8.39. The molecule has 0 radical (unpaired) electrons. The first-order valence-electron chi connectivity index (χ1n) is 4.20. The Labute approximate surface area is 76.3 Å². The maximum Gasteiger partial charge on any atom is 0.129 e. The van der Waals surface area contributed by atoms with Crippen LogP contribution in [-0.2, 0) is 0 Å². The fraction of sp³-hybridized carbons (Fsp3) is 0.444. The minimum Gasteiger partial charge on any atom is -0.370 e. The van der Waals surface area contributed by atoms with Gasteiger partial charge in [-0.05, 0) is 19.4 Å². The van der Waals surface area contributed by atoms with Crippen molar-refractivity contribution >= 4 is 17.2 Å². The Balaban J connectivity index is 2.23. The first-order chi connectivity index (χ1) is 5.86. The van der Waals surface area contributed by atoms with Gasteiger partial charge in [0.25, 0.3) is 0 Å². The van der Waals surface area contributed by atoms with E-state index in [2.05, 4.69) is 28.7 Å². The Morgan fingerprint density at radius 1 is 1.58 bits per heavy atom. The summed E-state index contributed by atoms with van der Waals surface area (Å²) in [6, 6.07) is 2.18. The molecule has 0 fully saturated rings. The van der Waals surface area contributed by atoms with Crippen molar-refractivity contribution in [3.63, 3.8) is 0 Å². The molecule has 0 amide bonds. The molecule has 2 rings (SSSR count). The first-order valence-corrected chi connectivity index (χ1v) is 5.08. The fourth-order valence-electron chi connectivity index (χ4n) is 1.29. The summed E-state index contributed by atoms with van der Waals surface area (Å²) in [7, 11) is 0. The molecule has 0 aromatic carbocycles. The van der Waals surface area contributed by atoms with Gasteiger partial charge in [0.05, 0.1) is 0 Å². The Bertz CT molecular complexity index is 301. The van der Waals surface area contributed by atoms with Gasteiger partial charge in [0.1, 0.15) is 5.84 Å². The molecular formula is C9H12N2S. The minimum absolute atomic E-state index is 0.969. The van der Waals surface area contributed by atoms with E-state index in [-0.39, 0.29) is 0 Å². The van der Waals surface area contributed by atoms with Gasteiger partial charge < -0.3 is 5.32 Å². The zero-order valence-electron chi connectivity index (χ0n) is 7.13. The topological polar surface area (TPSA) is 24.4 Å². The number of hydrogen-bond acceptors (Lipinski definition) is 3. The lowest BCUT2D eigenvalue weighted by molar-refractivity contribution is 0.743. The van der Waals surface area contributed by atoms with Crippen molar-refractivity contribution in [3.8, 4) is 0 Å². The molecule has 0 atom stereocenters. The second-order valence-corrected chi connectivity index (χ2v) is 4.07.